The van der Waals surface area contributed by atoms with E-state index in [1.807, 2.05) is 35.4 Å². The van der Waals surface area contributed by atoms with Gasteiger partial charge in [0.25, 0.3) is 5.91 Å². The zero-order valence-corrected chi connectivity index (χ0v) is 22.1. The van der Waals surface area contributed by atoms with Crippen molar-refractivity contribution in [1.82, 2.24) is 9.88 Å². The second-order valence-electron chi connectivity index (χ2n) is 10.5. The molecule has 190 valence electrons. The molecule has 2 heterocycles. The van der Waals surface area contributed by atoms with Crippen LogP contribution in [0.1, 0.15) is 84.3 Å². The van der Waals surface area contributed by atoms with Gasteiger partial charge in [0.1, 0.15) is 18.2 Å². The van der Waals surface area contributed by atoms with Gasteiger partial charge < -0.3 is 9.64 Å². The number of carbonyl (C=O) groups excluding carboxylic acids is 1. The van der Waals surface area contributed by atoms with Crippen LogP contribution in [0.15, 0.2) is 41.8 Å². The Bertz CT molecular complexity index is 1210. The number of aryl methyl sites for hydroxylation is 1. The van der Waals surface area contributed by atoms with Crippen LogP contribution in [0.3, 0.4) is 0 Å². The predicted octanol–water partition coefficient (Wildman–Crippen LogP) is 7.76. The first kappa shape index (κ1) is 24.9. The van der Waals surface area contributed by atoms with Crippen LogP contribution >= 0.6 is 11.3 Å². The summed E-state index contributed by atoms with van der Waals surface area (Å²) in [6.45, 7) is 6.36. The lowest BCUT2D eigenvalue weighted by Gasteiger charge is -2.27. The van der Waals surface area contributed by atoms with Gasteiger partial charge in [-0.15, -0.1) is 11.3 Å². The number of likely N-dealkylation sites (tertiary alicyclic amines) is 1. The molecule has 1 saturated heterocycles. The number of hydrogen-bond donors (Lipinski definition) is 0. The van der Waals surface area contributed by atoms with Gasteiger partial charge in [-0.25, -0.2) is 9.37 Å². The first-order valence-corrected chi connectivity index (χ1v) is 14.1. The number of nitrogens with zero attached hydrogens (tertiary/aromatic N) is 2. The second kappa shape index (κ2) is 11.1. The molecule has 36 heavy (non-hydrogen) atoms. The number of halogens is 1. The number of aromatic nitrogens is 1. The Morgan fingerprint density at radius 2 is 1.86 bits per heavy atom. The maximum Gasteiger partial charge on any atom is 0.253 e. The lowest BCUT2D eigenvalue weighted by molar-refractivity contribution is 0.0724. The summed E-state index contributed by atoms with van der Waals surface area (Å²) in [6, 6.07) is 10.5. The zero-order chi connectivity index (χ0) is 25.1. The van der Waals surface area contributed by atoms with Crippen molar-refractivity contribution in [2.45, 2.75) is 71.3 Å². The molecule has 1 aliphatic heterocycles. The summed E-state index contributed by atoms with van der Waals surface area (Å²) in [6.07, 6.45) is 8.21. The van der Waals surface area contributed by atoms with E-state index >= 15 is 0 Å². The van der Waals surface area contributed by atoms with Crippen LogP contribution in [0.5, 0.6) is 5.75 Å². The topological polar surface area (TPSA) is 42.4 Å². The summed E-state index contributed by atoms with van der Waals surface area (Å²) in [7, 11) is 0. The largest absolute Gasteiger partial charge is 0.488 e. The lowest BCUT2D eigenvalue weighted by Crippen LogP contribution is -2.35. The van der Waals surface area contributed by atoms with E-state index in [0.29, 0.717) is 23.8 Å². The van der Waals surface area contributed by atoms with E-state index in [4.69, 9.17) is 9.72 Å². The predicted molar refractivity (Wildman–Crippen MR) is 143 cm³/mol. The number of hydrogen-bond acceptors (Lipinski definition) is 4. The van der Waals surface area contributed by atoms with Gasteiger partial charge in [-0.05, 0) is 86.4 Å². The highest BCUT2D eigenvalue weighted by molar-refractivity contribution is 7.10. The summed E-state index contributed by atoms with van der Waals surface area (Å²) in [4.78, 5) is 19.7. The smallest absolute Gasteiger partial charge is 0.253 e. The third kappa shape index (κ3) is 5.64. The minimum absolute atomic E-state index is 0.109. The van der Waals surface area contributed by atoms with Crippen LogP contribution < -0.4 is 4.74 Å². The van der Waals surface area contributed by atoms with Gasteiger partial charge >= 0.3 is 0 Å². The van der Waals surface area contributed by atoms with Crippen LogP contribution in [0, 0.1) is 18.7 Å². The third-order valence-corrected chi connectivity index (χ3v) is 8.73. The second-order valence-corrected chi connectivity index (χ2v) is 11.3. The summed E-state index contributed by atoms with van der Waals surface area (Å²) in [5, 5.41) is 3.18. The fourth-order valence-corrected chi connectivity index (χ4v) is 6.35. The first-order chi connectivity index (χ1) is 17.5. The summed E-state index contributed by atoms with van der Waals surface area (Å²) in [5.41, 5.74) is 4.23. The molecule has 1 aromatic heterocycles. The number of benzene rings is 2. The highest BCUT2D eigenvalue weighted by Gasteiger charge is 2.23. The molecule has 0 N–H and O–H groups in total. The van der Waals surface area contributed by atoms with Crippen molar-refractivity contribution < 1.29 is 13.9 Å². The summed E-state index contributed by atoms with van der Waals surface area (Å²) in [5.74, 6) is 1.74. The van der Waals surface area contributed by atoms with Crippen molar-refractivity contribution in [1.29, 1.82) is 0 Å². The van der Waals surface area contributed by atoms with Gasteiger partial charge in [0, 0.05) is 35.5 Å². The summed E-state index contributed by atoms with van der Waals surface area (Å²) >= 11 is 1.67. The van der Waals surface area contributed by atoms with Gasteiger partial charge in [0.05, 0.1) is 10.7 Å². The normalized spacial score (nSPS) is 20.4. The van der Waals surface area contributed by atoms with Gasteiger partial charge in [0.15, 0.2) is 0 Å². The van der Waals surface area contributed by atoms with Crippen molar-refractivity contribution in [3.63, 3.8) is 0 Å². The molecule has 2 aromatic carbocycles. The molecule has 0 radical (unpaired) electrons. The standard InChI is InChI=1S/C30H35FN2O2S/c1-20-6-8-22(9-7-20)29-32-27(19-36-29)26-17-25(31)12-13-28(26)35-18-24-11-10-23(16-21(24)2)30(34)33-14-4-3-5-15-33/h10-13,16-17,19-20,22H,3-9,14-15,18H2,1-2H3. The molecule has 2 fully saturated rings. The van der Waals surface area contributed by atoms with Crippen LogP contribution in [0.2, 0.25) is 0 Å². The SMILES string of the molecule is Cc1cc(C(=O)N2CCCCC2)ccc1COc1ccc(F)cc1-c1csc(C2CCC(C)CC2)n1. The van der Waals surface area contributed by atoms with Gasteiger partial charge in [-0.3, -0.25) is 4.79 Å². The van der Waals surface area contributed by atoms with E-state index in [9.17, 15) is 9.18 Å². The zero-order valence-electron chi connectivity index (χ0n) is 21.3. The number of carbonyl (C=O) groups is 1. The molecule has 0 unspecified atom stereocenters. The molecule has 0 bridgehead atoms. The molecule has 4 nitrogen and oxygen atoms in total. The maximum absolute atomic E-state index is 14.2. The van der Waals surface area contributed by atoms with Crippen LogP contribution in [0.4, 0.5) is 4.39 Å². The third-order valence-electron chi connectivity index (χ3n) is 7.72. The van der Waals surface area contributed by atoms with E-state index in [1.54, 1.807) is 17.4 Å². The van der Waals surface area contributed by atoms with Crippen LogP contribution in [-0.4, -0.2) is 28.9 Å². The van der Waals surface area contributed by atoms with E-state index in [-0.39, 0.29) is 11.7 Å². The highest BCUT2D eigenvalue weighted by Crippen LogP contribution is 2.39. The molecule has 3 aromatic rings. The Balaban J connectivity index is 1.30. The minimum Gasteiger partial charge on any atom is -0.488 e. The van der Waals surface area contributed by atoms with Crippen molar-refractivity contribution in [2.75, 3.05) is 13.1 Å². The van der Waals surface area contributed by atoms with E-state index in [2.05, 4.69) is 6.92 Å². The quantitative estimate of drug-likeness (QED) is 0.343. The van der Waals surface area contributed by atoms with Crippen molar-refractivity contribution in [3.8, 4) is 17.0 Å². The number of rotatable bonds is 6. The Hall–Kier alpha value is -2.73. The Morgan fingerprint density at radius 3 is 2.61 bits per heavy atom. The Labute approximate surface area is 217 Å². The first-order valence-electron chi connectivity index (χ1n) is 13.2. The molecular weight excluding hydrogens is 471 g/mol. The molecule has 1 amide bonds. The molecule has 0 spiro atoms. The maximum atomic E-state index is 14.2. The molecule has 1 saturated carbocycles. The Morgan fingerprint density at radius 1 is 1.08 bits per heavy atom. The molecular formula is C30H35FN2O2S. The van der Waals surface area contributed by atoms with Crippen molar-refractivity contribution in [3.05, 3.63) is 69.3 Å². The average molecular weight is 507 g/mol. The summed E-state index contributed by atoms with van der Waals surface area (Å²) < 4.78 is 20.4. The molecule has 2 aliphatic rings. The van der Waals surface area contributed by atoms with E-state index in [1.165, 1.54) is 44.2 Å². The van der Waals surface area contributed by atoms with Gasteiger partial charge in [-0.2, -0.15) is 0 Å². The van der Waals surface area contributed by atoms with Gasteiger partial charge in [-0.1, -0.05) is 25.8 Å². The average Bonchev–Trinajstić information content (AvgIpc) is 3.39. The van der Waals surface area contributed by atoms with Crippen molar-refractivity contribution in [2.24, 2.45) is 5.92 Å². The van der Waals surface area contributed by atoms with E-state index in [0.717, 1.165) is 59.2 Å². The minimum atomic E-state index is -0.296. The molecule has 6 heteroatoms. The molecule has 5 rings (SSSR count). The number of thiazole rings is 1. The molecule has 1 aliphatic carbocycles. The Kier molecular flexibility index (Phi) is 7.70. The van der Waals surface area contributed by atoms with E-state index < -0.39 is 0 Å². The molecule has 0 atom stereocenters. The van der Waals surface area contributed by atoms with Gasteiger partial charge in [0.2, 0.25) is 0 Å². The lowest BCUT2D eigenvalue weighted by atomic mass is 9.83. The monoisotopic (exact) mass is 506 g/mol. The highest BCUT2D eigenvalue weighted by atomic mass is 32.1. The number of piperidine rings is 1. The fourth-order valence-electron chi connectivity index (χ4n) is 5.36. The number of ether oxygens (including phenoxy) is 1. The van der Waals surface area contributed by atoms with Crippen molar-refractivity contribution >= 4 is 17.2 Å². The number of amides is 1. The fraction of sp³-hybridized carbons (Fsp3) is 0.467. The van der Waals surface area contributed by atoms with Crippen LogP contribution in [-0.2, 0) is 6.61 Å². The van der Waals surface area contributed by atoms with Crippen LogP contribution in [0.25, 0.3) is 11.3 Å².